The third kappa shape index (κ3) is 7.51. The van der Waals surface area contributed by atoms with Gasteiger partial charge in [0.25, 0.3) is 5.91 Å². The lowest BCUT2D eigenvalue weighted by molar-refractivity contribution is -0.128. The van der Waals surface area contributed by atoms with Crippen molar-refractivity contribution in [1.29, 1.82) is 0 Å². The molecule has 42 heavy (non-hydrogen) atoms. The highest BCUT2D eigenvalue weighted by Crippen LogP contribution is 2.39. The van der Waals surface area contributed by atoms with Crippen molar-refractivity contribution in [2.45, 2.75) is 25.4 Å². The first-order valence-corrected chi connectivity index (χ1v) is 15.0. The topological polar surface area (TPSA) is 80.2 Å². The van der Waals surface area contributed by atoms with E-state index in [0.29, 0.717) is 47.6 Å². The average Bonchev–Trinajstić information content (AvgIpc) is 3.37. The van der Waals surface area contributed by atoms with E-state index in [-0.39, 0.29) is 17.2 Å². The van der Waals surface area contributed by atoms with E-state index in [0.717, 1.165) is 22.3 Å². The quantitative estimate of drug-likeness (QED) is 0.151. The summed E-state index contributed by atoms with van der Waals surface area (Å²) >= 11 is 7.66. The van der Waals surface area contributed by atoms with Crippen molar-refractivity contribution in [2.75, 3.05) is 12.4 Å². The van der Waals surface area contributed by atoms with E-state index >= 15 is 0 Å². The zero-order valence-corrected chi connectivity index (χ0v) is 24.6. The fourth-order valence-corrected chi connectivity index (χ4v) is 5.89. The van der Waals surface area contributed by atoms with Gasteiger partial charge < -0.3 is 14.4 Å². The van der Waals surface area contributed by atoms with Gasteiger partial charge in [0, 0.05) is 17.1 Å². The number of thioether (sulfide) groups is 1. The Hall–Kier alpha value is -4.27. The normalized spacial score (nSPS) is 14.8. The maximum atomic E-state index is 12.7. The van der Waals surface area contributed by atoms with Gasteiger partial charge in [-0.1, -0.05) is 66.2 Å². The number of hydrazone groups is 1. The summed E-state index contributed by atoms with van der Waals surface area (Å²) in [5.41, 5.74) is 6.80. The summed E-state index contributed by atoms with van der Waals surface area (Å²) in [6.07, 6.45) is 1.55. The van der Waals surface area contributed by atoms with Crippen LogP contribution >= 0.6 is 23.4 Å². The zero-order valence-electron chi connectivity index (χ0n) is 23.0. The Morgan fingerprint density at radius 3 is 2.52 bits per heavy atom. The summed E-state index contributed by atoms with van der Waals surface area (Å²) in [7, 11) is 0. The first-order valence-electron chi connectivity index (χ1n) is 13.5. The lowest BCUT2D eigenvalue weighted by atomic mass is 10.1. The lowest BCUT2D eigenvalue weighted by Gasteiger charge is -2.24. The van der Waals surface area contributed by atoms with E-state index in [2.05, 4.69) is 10.5 Å². The van der Waals surface area contributed by atoms with Gasteiger partial charge in [-0.25, -0.2) is 5.43 Å². The SMILES string of the molecule is CCOc1cc(/C=N\NC(=O)c2ccc([C@@H]3SCC(=O)N3Cc3ccccc3)cc2)ccc1OCc1cccc(Cl)c1. The molecule has 4 aromatic carbocycles. The highest BCUT2D eigenvalue weighted by atomic mass is 35.5. The maximum Gasteiger partial charge on any atom is 0.271 e. The molecule has 0 radical (unpaired) electrons. The van der Waals surface area contributed by atoms with Gasteiger partial charge in [0.15, 0.2) is 11.5 Å². The summed E-state index contributed by atoms with van der Waals surface area (Å²) in [4.78, 5) is 27.2. The highest BCUT2D eigenvalue weighted by Gasteiger charge is 2.32. The molecule has 9 heteroatoms. The fourth-order valence-electron chi connectivity index (χ4n) is 4.49. The van der Waals surface area contributed by atoms with Gasteiger partial charge in [-0.05, 0) is 71.6 Å². The van der Waals surface area contributed by atoms with Crippen LogP contribution in [0, 0.1) is 0 Å². The second-order valence-corrected chi connectivity index (χ2v) is 11.1. The molecule has 1 aliphatic rings. The molecule has 1 atom stereocenters. The highest BCUT2D eigenvalue weighted by molar-refractivity contribution is 8.00. The molecule has 0 bridgehead atoms. The molecular formula is C33H30ClN3O4S. The first kappa shape index (κ1) is 29.2. The Labute approximate surface area is 254 Å². The van der Waals surface area contributed by atoms with Gasteiger partial charge in [-0.2, -0.15) is 5.10 Å². The average molecular weight is 600 g/mol. The predicted octanol–water partition coefficient (Wildman–Crippen LogP) is 6.86. The molecule has 0 aliphatic carbocycles. The molecule has 214 valence electrons. The van der Waals surface area contributed by atoms with Gasteiger partial charge in [-0.15, -0.1) is 11.8 Å². The molecule has 0 spiro atoms. The number of hydrogen-bond donors (Lipinski definition) is 1. The van der Waals surface area contributed by atoms with E-state index in [1.807, 2.05) is 96.8 Å². The van der Waals surface area contributed by atoms with Gasteiger partial charge in [0.1, 0.15) is 12.0 Å². The van der Waals surface area contributed by atoms with Crippen LogP contribution in [0.4, 0.5) is 0 Å². The number of carbonyl (C=O) groups is 2. The Kier molecular flexibility index (Phi) is 9.79. The standard InChI is InChI=1S/C33H30ClN3O4S/c1-2-40-30-18-24(11-16-29(30)41-21-25-9-6-10-28(34)17-25)19-35-36-32(39)26-12-14-27(15-13-26)33-37(31(38)22-42-33)20-23-7-4-3-5-8-23/h3-19,33H,2,20-22H2,1H3,(H,36,39)/b35-19-/t33-/m0/s1. The molecule has 1 fully saturated rings. The third-order valence-corrected chi connectivity index (χ3v) is 8.04. The minimum absolute atomic E-state index is 0.0928. The number of halogens is 1. The molecule has 1 heterocycles. The number of amides is 2. The molecule has 1 aliphatic heterocycles. The third-order valence-electron chi connectivity index (χ3n) is 6.55. The molecule has 4 aromatic rings. The van der Waals surface area contributed by atoms with Crippen LogP contribution in [-0.4, -0.2) is 35.3 Å². The second-order valence-electron chi connectivity index (χ2n) is 9.55. The van der Waals surface area contributed by atoms with Crippen LogP contribution in [-0.2, 0) is 17.9 Å². The van der Waals surface area contributed by atoms with Crippen LogP contribution in [0.1, 0.15) is 44.9 Å². The number of hydrogen-bond acceptors (Lipinski definition) is 6. The van der Waals surface area contributed by atoms with Crippen molar-refractivity contribution in [2.24, 2.45) is 5.10 Å². The number of ether oxygens (including phenoxy) is 2. The summed E-state index contributed by atoms with van der Waals surface area (Å²) in [6.45, 7) is 3.27. The van der Waals surface area contributed by atoms with E-state index in [4.69, 9.17) is 21.1 Å². The number of nitrogens with one attached hydrogen (secondary N) is 1. The van der Waals surface area contributed by atoms with E-state index < -0.39 is 0 Å². The molecule has 0 saturated carbocycles. The van der Waals surface area contributed by atoms with Gasteiger partial charge in [0.2, 0.25) is 5.91 Å². The molecule has 1 saturated heterocycles. The second kappa shape index (κ2) is 14.1. The van der Waals surface area contributed by atoms with Crippen molar-refractivity contribution in [3.63, 3.8) is 0 Å². The molecule has 0 aromatic heterocycles. The van der Waals surface area contributed by atoms with Gasteiger partial charge >= 0.3 is 0 Å². The molecule has 2 amide bonds. The predicted molar refractivity (Wildman–Crippen MR) is 167 cm³/mol. The number of nitrogens with zero attached hydrogens (tertiary/aromatic N) is 2. The van der Waals surface area contributed by atoms with E-state index in [1.165, 1.54) is 0 Å². The van der Waals surface area contributed by atoms with Crippen molar-refractivity contribution in [3.05, 3.63) is 130 Å². The van der Waals surface area contributed by atoms with Gasteiger partial charge in [-0.3, -0.25) is 9.59 Å². The maximum absolute atomic E-state index is 12.7. The van der Waals surface area contributed by atoms with Crippen molar-refractivity contribution in [3.8, 4) is 11.5 Å². The lowest BCUT2D eigenvalue weighted by Crippen LogP contribution is -2.27. The van der Waals surface area contributed by atoms with Crippen LogP contribution in [0.5, 0.6) is 11.5 Å². The van der Waals surface area contributed by atoms with Crippen LogP contribution < -0.4 is 14.9 Å². The molecule has 0 unspecified atom stereocenters. The first-order chi connectivity index (χ1) is 20.5. The van der Waals surface area contributed by atoms with Gasteiger partial charge in [0.05, 0.1) is 18.6 Å². The minimum atomic E-state index is -0.333. The van der Waals surface area contributed by atoms with Crippen molar-refractivity contribution < 1.29 is 19.1 Å². The molecule has 1 N–H and O–H groups in total. The largest absolute Gasteiger partial charge is 0.490 e. The molecule has 5 rings (SSSR count). The minimum Gasteiger partial charge on any atom is -0.490 e. The Morgan fingerprint density at radius 2 is 1.76 bits per heavy atom. The van der Waals surface area contributed by atoms with Crippen LogP contribution in [0.15, 0.2) is 102 Å². The molecular weight excluding hydrogens is 570 g/mol. The number of rotatable bonds is 11. The van der Waals surface area contributed by atoms with Crippen LogP contribution in [0.25, 0.3) is 0 Å². The Balaban J connectivity index is 1.19. The monoisotopic (exact) mass is 599 g/mol. The smallest absolute Gasteiger partial charge is 0.271 e. The summed E-state index contributed by atoms with van der Waals surface area (Å²) < 4.78 is 11.7. The number of carbonyl (C=O) groups excluding carboxylic acids is 2. The summed E-state index contributed by atoms with van der Waals surface area (Å²) in [5.74, 6) is 1.39. The Morgan fingerprint density at radius 1 is 0.976 bits per heavy atom. The zero-order chi connectivity index (χ0) is 29.3. The Bertz CT molecular complexity index is 1560. The van der Waals surface area contributed by atoms with E-state index in [1.54, 1.807) is 30.1 Å². The fraction of sp³-hybridized carbons (Fsp3) is 0.182. The van der Waals surface area contributed by atoms with Crippen LogP contribution in [0.3, 0.4) is 0 Å². The molecule has 7 nitrogen and oxygen atoms in total. The summed E-state index contributed by atoms with van der Waals surface area (Å²) in [6, 6.07) is 30.2. The van der Waals surface area contributed by atoms with Crippen molar-refractivity contribution in [1.82, 2.24) is 10.3 Å². The van der Waals surface area contributed by atoms with Crippen LogP contribution in [0.2, 0.25) is 5.02 Å². The van der Waals surface area contributed by atoms with E-state index in [9.17, 15) is 9.59 Å². The number of benzene rings is 4. The van der Waals surface area contributed by atoms with Crippen molar-refractivity contribution >= 4 is 41.4 Å². The summed E-state index contributed by atoms with van der Waals surface area (Å²) in [5, 5.41) is 4.69.